The summed E-state index contributed by atoms with van der Waals surface area (Å²) >= 11 is 0. The molecule has 1 atom stereocenters. The molecule has 0 aliphatic carbocycles. The second-order valence-corrected chi connectivity index (χ2v) is 5.77. The first-order valence-corrected chi connectivity index (χ1v) is 7.77. The lowest BCUT2D eigenvalue weighted by Crippen LogP contribution is -2.43. The number of amides is 1. The molecule has 124 valence electrons. The summed E-state index contributed by atoms with van der Waals surface area (Å²) in [6.07, 6.45) is 1.76. The molecule has 3 aromatic heterocycles. The van der Waals surface area contributed by atoms with Crippen LogP contribution in [-0.4, -0.2) is 50.1 Å². The van der Waals surface area contributed by atoms with E-state index >= 15 is 0 Å². The molecule has 0 radical (unpaired) electrons. The molecule has 8 heteroatoms. The molecule has 8 nitrogen and oxygen atoms in total. The SMILES string of the molecule is Cc1nnc(C2COCCN2C(=O)c2cn3c(C)cccc3n2)o1. The number of morpholine rings is 1. The number of aromatic nitrogens is 4. The minimum atomic E-state index is -0.390. The highest BCUT2D eigenvalue weighted by Gasteiger charge is 2.34. The van der Waals surface area contributed by atoms with Crippen molar-refractivity contribution in [2.24, 2.45) is 0 Å². The fraction of sp³-hybridized carbons (Fsp3) is 0.375. The van der Waals surface area contributed by atoms with Gasteiger partial charge in [-0.3, -0.25) is 4.79 Å². The third kappa shape index (κ3) is 2.44. The summed E-state index contributed by atoms with van der Waals surface area (Å²) in [6.45, 7) is 4.96. The zero-order chi connectivity index (χ0) is 16.7. The maximum Gasteiger partial charge on any atom is 0.274 e. The first kappa shape index (κ1) is 14.8. The fourth-order valence-corrected chi connectivity index (χ4v) is 2.90. The summed E-state index contributed by atoms with van der Waals surface area (Å²) in [5, 5.41) is 7.88. The maximum absolute atomic E-state index is 13.0. The van der Waals surface area contributed by atoms with Gasteiger partial charge in [0.2, 0.25) is 11.8 Å². The smallest absolute Gasteiger partial charge is 0.274 e. The van der Waals surface area contributed by atoms with Crippen molar-refractivity contribution in [3.05, 3.63) is 47.6 Å². The van der Waals surface area contributed by atoms with Crippen LogP contribution in [0.1, 0.15) is 34.0 Å². The quantitative estimate of drug-likeness (QED) is 0.710. The fourth-order valence-electron chi connectivity index (χ4n) is 2.90. The van der Waals surface area contributed by atoms with Gasteiger partial charge in [-0.25, -0.2) is 4.98 Å². The van der Waals surface area contributed by atoms with Gasteiger partial charge >= 0.3 is 0 Å². The Morgan fingerprint density at radius 3 is 2.92 bits per heavy atom. The van der Waals surface area contributed by atoms with Crippen molar-refractivity contribution in [3.8, 4) is 0 Å². The van der Waals surface area contributed by atoms with E-state index in [0.29, 0.717) is 37.2 Å². The van der Waals surface area contributed by atoms with Gasteiger partial charge in [0.25, 0.3) is 5.91 Å². The van der Waals surface area contributed by atoms with Gasteiger partial charge in [-0.1, -0.05) is 6.07 Å². The Morgan fingerprint density at radius 2 is 2.17 bits per heavy atom. The van der Waals surface area contributed by atoms with Gasteiger partial charge in [-0.2, -0.15) is 0 Å². The van der Waals surface area contributed by atoms with Crippen LogP contribution in [0.4, 0.5) is 0 Å². The molecule has 0 aromatic carbocycles. The van der Waals surface area contributed by atoms with E-state index < -0.39 is 6.04 Å². The van der Waals surface area contributed by atoms with E-state index in [1.54, 1.807) is 18.0 Å². The number of pyridine rings is 1. The van der Waals surface area contributed by atoms with Crippen molar-refractivity contribution < 1.29 is 13.9 Å². The molecular weight excluding hydrogens is 310 g/mol. The highest BCUT2D eigenvalue weighted by molar-refractivity contribution is 5.93. The van der Waals surface area contributed by atoms with Crippen molar-refractivity contribution in [3.63, 3.8) is 0 Å². The molecule has 1 aliphatic heterocycles. The van der Waals surface area contributed by atoms with Crippen LogP contribution in [0, 0.1) is 13.8 Å². The summed E-state index contributed by atoms with van der Waals surface area (Å²) in [6, 6.07) is 5.38. The average molecular weight is 327 g/mol. The Bertz CT molecular complexity index is 900. The molecule has 4 rings (SSSR count). The Hall–Kier alpha value is -2.74. The van der Waals surface area contributed by atoms with Crippen LogP contribution >= 0.6 is 0 Å². The lowest BCUT2D eigenvalue weighted by molar-refractivity contribution is -0.0109. The largest absolute Gasteiger partial charge is 0.423 e. The van der Waals surface area contributed by atoms with E-state index in [4.69, 9.17) is 9.15 Å². The molecule has 1 amide bonds. The average Bonchev–Trinajstić information content (AvgIpc) is 3.21. The number of fused-ring (bicyclic) bond motifs is 1. The number of carbonyl (C=O) groups is 1. The van der Waals surface area contributed by atoms with Crippen LogP contribution in [0.25, 0.3) is 5.65 Å². The molecule has 0 saturated carbocycles. The molecule has 0 N–H and O–H groups in total. The number of hydrogen-bond acceptors (Lipinski definition) is 6. The summed E-state index contributed by atoms with van der Waals surface area (Å²) in [7, 11) is 0. The van der Waals surface area contributed by atoms with E-state index in [-0.39, 0.29) is 5.91 Å². The van der Waals surface area contributed by atoms with Gasteiger partial charge in [0.15, 0.2) is 0 Å². The topological polar surface area (TPSA) is 85.8 Å². The van der Waals surface area contributed by atoms with Crippen molar-refractivity contribution in [1.82, 2.24) is 24.5 Å². The molecule has 4 heterocycles. The summed E-state index contributed by atoms with van der Waals surface area (Å²) in [5.41, 5.74) is 2.16. The van der Waals surface area contributed by atoms with Gasteiger partial charge in [0, 0.05) is 25.4 Å². The van der Waals surface area contributed by atoms with Crippen molar-refractivity contribution in [2.45, 2.75) is 19.9 Å². The van der Waals surface area contributed by atoms with Crippen molar-refractivity contribution in [2.75, 3.05) is 19.8 Å². The summed E-state index contributed by atoms with van der Waals surface area (Å²) in [5.74, 6) is 0.689. The molecule has 1 fully saturated rings. The molecule has 1 saturated heterocycles. The second-order valence-electron chi connectivity index (χ2n) is 5.77. The first-order valence-electron chi connectivity index (χ1n) is 7.77. The van der Waals surface area contributed by atoms with E-state index in [2.05, 4.69) is 15.2 Å². The van der Waals surface area contributed by atoms with Gasteiger partial charge in [0.1, 0.15) is 17.4 Å². The molecular formula is C16H17N5O3. The predicted molar refractivity (Wildman–Crippen MR) is 83.6 cm³/mol. The van der Waals surface area contributed by atoms with Crippen LogP contribution in [0.2, 0.25) is 0 Å². The summed E-state index contributed by atoms with van der Waals surface area (Å²) in [4.78, 5) is 19.1. The van der Waals surface area contributed by atoms with E-state index in [9.17, 15) is 4.79 Å². The Labute approximate surface area is 138 Å². The molecule has 0 bridgehead atoms. The highest BCUT2D eigenvalue weighted by Crippen LogP contribution is 2.25. The monoisotopic (exact) mass is 327 g/mol. The number of nitrogens with zero attached hydrogens (tertiary/aromatic N) is 5. The van der Waals surface area contributed by atoms with Crippen LogP contribution < -0.4 is 0 Å². The van der Waals surface area contributed by atoms with Gasteiger partial charge in [0.05, 0.1) is 13.2 Å². The molecule has 1 aliphatic rings. The minimum absolute atomic E-state index is 0.165. The minimum Gasteiger partial charge on any atom is -0.423 e. The number of hydrogen-bond donors (Lipinski definition) is 0. The normalized spacial score (nSPS) is 18.2. The predicted octanol–water partition coefficient (Wildman–Crippen LogP) is 1.55. The standard InChI is InChI=1S/C16H17N5O3/c1-10-4-3-5-14-17-12(8-21(10)14)16(22)20-6-7-23-9-13(20)15-19-18-11(2)24-15/h3-5,8,13H,6-7,9H2,1-2H3. The van der Waals surface area contributed by atoms with Crippen LogP contribution in [0.5, 0.6) is 0 Å². The molecule has 24 heavy (non-hydrogen) atoms. The van der Waals surface area contributed by atoms with E-state index in [0.717, 1.165) is 11.3 Å². The van der Waals surface area contributed by atoms with E-state index in [1.165, 1.54) is 0 Å². The third-order valence-corrected chi connectivity index (χ3v) is 4.13. The number of ether oxygens (including phenoxy) is 1. The van der Waals surface area contributed by atoms with Crippen LogP contribution in [-0.2, 0) is 4.74 Å². The number of aryl methyl sites for hydroxylation is 2. The Balaban J connectivity index is 1.69. The van der Waals surface area contributed by atoms with Crippen molar-refractivity contribution >= 4 is 11.6 Å². The van der Waals surface area contributed by atoms with E-state index in [1.807, 2.05) is 29.5 Å². The summed E-state index contributed by atoms with van der Waals surface area (Å²) < 4.78 is 12.9. The molecule has 3 aromatic rings. The van der Waals surface area contributed by atoms with Gasteiger partial charge < -0.3 is 18.5 Å². The van der Waals surface area contributed by atoms with Crippen LogP contribution in [0.3, 0.4) is 0 Å². The lowest BCUT2D eigenvalue weighted by atomic mass is 10.2. The lowest BCUT2D eigenvalue weighted by Gasteiger charge is -2.32. The third-order valence-electron chi connectivity index (χ3n) is 4.13. The van der Waals surface area contributed by atoms with Crippen LogP contribution in [0.15, 0.2) is 28.8 Å². The van der Waals surface area contributed by atoms with Gasteiger partial charge in [-0.05, 0) is 19.1 Å². The number of imidazole rings is 1. The second kappa shape index (κ2) is 5.72. The van der Waals surface area contributed by atoms with Crippen molar-refractivity contribution in [1.29, 1.82) is 0 Å². The zero-order valence-corrected chi connectivity index (χ0v) is 13.5. The zero-order valence-electron chi connectivity index (χ0n) is 13.5. The molecule has 0 spiro atoms. The first-order chi connectivity index (χ1) is 11.6. The highest BCUT2D eigenvalue weighted by atomic mass is 16.5. The number of rotatable bonds is 2. The number of carbonyl (C=O) groups excluding carboxylic acids is 1. The Morgan fingerprint density at radius 1 is 1.29 bits per heavy atom. The maximum atomic E-state index is 13.0. The molecule has 1 unspecified atom stereocenters. The van der Waals surface area contributed by atoms with Gasteiger partial charge in [-0.15, -0.1) is 10.2 Å². The Kier molecular flexibility index (Phi) is 3.53.